The van der Waals surface area contributed by atoms with Crippen molar-refractivity contribution in [2.24, 2.45) is 0 Å². The van der Waals surface area contributed by atoms with Crippen molar-refractivity contribution in [1.29, 1.82) is 0 Å². The van der Waals surface area contributed by atoms with Gasteiger partial charge in [-0.05, 0) is 30.2 Å². The number of aromatic nitrogens is 1. The lowest BCUT2D eigenvalue weighted by Crippen LogP contribution is -2.27. The average Bonchev–Trinajstić information content (AvgIpc) is 2.71. The lowest BCUT2D eigenvalue weighted by atomic mass is 10.1. The van der Waals surface area contributed by atoms with E-state index in [0.29, 0.717) is 13.1 Å². The van der Waals surface area contributed by atoms with Gasteiger partial charge in [0.15, 0.2) is 0 Å². The minimum Gasteiger partial charge on any atom is -0.347 e. The molecule has 0 unspecified atom stereocenters. The molecular formula is C22H21N3O2. The van der Waals surface area contributed by atoms with Crippen LogP contribution in [0.1, 0.15) is 37.7 Å². The Morgan fingerprint density at radius 2 is 1.30 bits per heavy atom. The molecule has 0 aliphatic rings. The van der Waals surface area contributed by atoms with Crippen LogP contribution in [0.15, 0.2) is 72.8 Å². The smallest absolute Gasteiger partial charge is 0.270 e. The summed E-state index contributed by atoms with van der Waals surface area (Å²) in [6, 6.07) is 22.4. The van der Waals surface area contributed by atoms with Crippen LogP contribution in [-0.4, -0.2) is 16.8 Å². The van der Waals surface area contributed by atoms with Crippen LogP contribution in [0, 0.1) is 6.92 Å². The fraction of sp³-hybridized carbons (Fsp3) is 0.136. The van der Waals surface area contributed by atoms with Crippen LogP contribution in [0.4, 0.5) is 0 Å². The van der Waals surface area contributed by atoms with Crippen molar-refractivity contribution in [3.05, 3.63) is 101 Å². The summed E-state index contributed by atoms with van der Waals surface area (Å²) in [4.78, 5) is 28.8. The largest absolute Gasteiger partial charge is 0.347 e. The third-order valence-electron chi connectivity index (χ3n) is 4.05. The quantitative estimate of drug-likeness (QED) is 0.710. The Kier molecular flexibility index (Phi) is 5.94. The van der Waals surface area contributed by atoms with Crippen LogP contribution in [0.5, 0.6) is 0 Å². The summed E-state index contributed by atoms with van der Waals surface area (Å²) in [5.41, 5.74) is 3.58. The summed E-state index contributed by atoms with van der Waals surface area (Å²) in [5, 5.41) is 5.65. The molecule has 1 aromatic heterocycles. The Balaban J connectivity index is 1.60. The first-order valence-corrected chi connectivity index (χ1v) is 8.75. The van der Waals surface area contributed by atoms with Gasteiger partial charge in [0.05, 0.1) is 0 Å². The third-order valence-corrected chi connectivity index (χ3v) is 4.05. The van der Waals surface area contributed by atoms with E-state index < -0.39 is 0 Å². The predicted molar refractivity (Wildman–Crippen MR) is 104 cm³/mol. The topological polar surface area (TPSA) is 71.1 Å². The van der Waals surface area contributed by atoms with Crippen LogP contribution in [-0.2, 0) is 13.1 Å². The molecule has 0 radical (unpaired) electrons. The zero-order chi connectivity index (χ0) is 19.1. The van der Waals surface area contributed by atoms with Crippen molar-refractivity contribution in [2.75, 3.05) is 0 Å². The highest BCUT2D eigenvalue weighted by molar-refractivity contribution is 5.96. The number of carbonyl (C=O) groups is 2. The van der Waals surface area contributed by atoms with Gasteiger partial charge in [-0.1, -0.05) is 66.2 Å². The van der Waals surface area contributed by atoms with Crippen molar-refractivity contribution in [3.8, 4) is 0 Å². The molecule has 2 aromatic carbocycles. The molecule has 27 heavy (non-hydrogen) atoms. The van der Waals surface area contributed by atoms with Crippen LogP contribution < -0.4 is 10.6 Å². The van der Waals surface area contributed by atoms with E-state index >= 15 is 0 Å². The minimum atomic E-state index is -0.313. The second kappa shape index (κ2) is 8.76. The molecule has 5 nitrogen and oxygen atoms in total. The van der Waals surface area contributed by atoms with Crippen molar-refractivity contribution in [3.63, 3.8) is 0 Å². The number of pyridine rings is 1. The maximum Gasteiger partial charge on any atom is 0.270 e. The van der Waals surface area contributed by atoms with E-state index in [1.807, 2.05) is 61.5 Å². The summed E-state index contributed by atoms with van der Waals surface area (Å²) in [5.74, 6) is -0.624. The van der Waals surface area contributed by atoms with Gasteiger partial charge >= 0.3 is 0 Å². The number of hydrogen-bond acceptors (Lipinski definition) is 3. The number of aryl methyl sites for hydroxylation is 1. The molecule has 2 amide bonds. The van der Waals surface area contributed by atoms with E-state index in [2.05, 4.69) is 15.6 Å². The number of amides is 2. The van der Waals surface area contributed by atoms with Gasteiger partial charge in [0.1, 0.15) is 11.4 Å². The molecule has 2 N–H and O–H groups in total. The highest BCUT2D eigenvalue weighted by Crippen LogP contribution is 2.05. The summed E-state index contributed by atoms with van der Waals surface area (Å²) in [6.45, 7) is 2.82. The second-order valence-corrected chi connectivity index (χ2v) is 6.25. The van der Waals surface area contributed by atoms with Gasteiger partial charge in [-0.15, -0.1) is 0 Å². The predicted octanol–water partition coefficient (Wildman–Crippen LogP) is 3.25. The normalized spacial score (nSPS) is 10.3. The SMILES string of the molecule is Cc1cccc(CNC(=O)c2cccc(C(=O)NCc3ccccc3)n2)c1. The molecule has 0 bridgehead atoms. The zero-order valence-electron chi connectivity index (χ0n) is 15.1. The number of benzene rings is 2. The number of hydrogen-bond donors (Lipinski definition) is 2. The minimum absolute atomic E-state index is 0.217. The summed E-state index contributed by atoms with van der Waals surface area (Å²) >= 11 is 0. The van der Waals surface area contributed by atoms with Gasteiger partial charge in [0, 0.05) is 13.1 Å². The Morgan fingerprint density at radius 1 is 0.741 bits per heavy atom. The molecule has 0 aliphatic carbocycles. The Labute approximate surface area is 158 Å². The van der Waals surface area contributed by atoms with Crippen molar-refractivity contribution >= 4 is 11.8 Å². The second-order valence-electron chi connectivity index (χ2n) is 6.25. The standard InChI is InChI=1S/C22H21N3O2/c1-16-7-5-10-18(13-16)15-24-22(27)20-12-6-11-19(25-20)21(26)23-14-17-8-3-2-4-9-17/h2-13H,14-15H2,1H3,(H,23,26)(H,24,27). The van der Waals surface area contributed by atoms with Gasteiger partial charge in [-0.25, -0.2) is 4.98 Å². The van der Waals surface area contributed by atoms with Gasteiger partial charge in [-0.3, -0.25) is 9.59 Å². The zero-order valence-corrected chi connectivity index (χ0v) is 15.1. The molecule has 0 aliphatic heterocycles. The Morgan fingerprint density at radius 3 is 1.93 bits per heavy atom. The van der Waals surface area contributed by atoms with E-state index in [9.17, 15) is 9.59 Å². The molecule has 136 valence electrons. The van der Waals surface area contributed by atoms with Crippen LogP contribution in [0.25, 0.3) is 0 Å². The Bertz CT molecular complexity index is 939. The average molecular weight is 359 g/mol. The van der Waals surface area contributed by atoms with Crippen molar-refractivity contribution in [1.82, 2.24) is 15.6 Å². The fourth-order valence-electron chi connectivity index (χ4n) is 2.65. The Hall–Kier alpha value is -3.47. The molecule has 0 spiro atoms. The molecule has 0 saturated heterocycles. The van der Waals surface area contributed by atoms with Crippen molar-refractivity contribution in [2.45, 2.75) is 20.0 Å². The van der Waals surface area contributed by atoms with E-state index in [1.54, 1.807) is 18.2 Å². The number of rotatable bonds is 6. The monoisotopic (exact) mass is 359 g/mol. The summed E-state index contributed by atoms with van der Waals surface area (Å²) in [6.07, 6.45) is 0. The first kappa shape index (κ1) is 18.3. The highest BCUT2D eigenvalue weighted by Gasteiger charge is 2.12. The number of nitrogens with one attached hydrogen (secondary N) is 2. The number of carbonyl (C=O) groups excluding carboxylic acids is 2. The molecular weight excluding hydrogens is 338 g/mol. The maximum absolute atomic E-state index is 12.4. The van der Waals surface area contributed by atoms with Gasteiger partial charge < -0.3 is 10.6 Å². The number of nitrogens with zero attached hydrogens (tertiary/aromatic N) is 1. The molecule has 0 saturated carbocycles. The van der Waals surface area contributed by atoms with Crippen LogP contribution >= 0.6 is 0 Å². The molecule has 3 aromatic rings. The van der Waals surface area contributed by atoms with Crippen LogP contribution in [0.2, 0.25) is 0 Å². The van der Waals surface area contributed by atoms with Gasteiger partial charge in [0.2, 0.25) is 0 Å². The molecule has 5 heteroatoms. The molecule has 0 fully saturated rings. The third kappa shape index (κ3) is 5.25. The maximum atomic E-state index is 12.4. The first-order chi connectivity index (χ1) is 13.1. The molecule has 3 rings (SSSR count). The van der Waals surface area contributed by atoms with E-state index in [0.717, 1.165) is 16.7 Å². The fourth-order valence-corrected chi connectivity index (χ4v) is 2.65. The lowest BCUT2D eigenvalue weighted by molar-refractivity contribution is 0.0941. The van der Waals surface area contributed by atoms with Crippen LogP contribution in [0.3, 0.4) is 0 Å². The van der Waals surface area contributed by atoms with E-state index in [4.69, 9.17) is 0 Å². The molecule has 1 heterocycles. The summed E-state index contributed by atoms with van der Waals surface area (Å²) in [7, 11) is 0. The van der Waals surface area contributed by atoms with E-state index in [-0.39, 0.29) is 23.2 Å². The first-order valence-electron chi connectivity index (χ1n) is 8.75. The highest BCUT2D eigenvalue weighted by atomic mass is 16.2. The molecule has 0 atom stereocenters. The van der Waals surface area contributed by atoms with Gasteiger partial charge in [0.25, 0.3) is 11.8 Å². The van der Waals surface area contributed by atoms with Gasteiger partial charge in [-0.2, -0.15) is 0 Å². The van der Waals surface area contributed by atoms with E-state index in [1.165, 1.54) is 0 Å². The summed E-state index contributed by atoms with van der Waals surface area (Å²) < 4.78 is 0. The lowest BCUT2D eigenvalue weighted by Gasteiger charge is -2.08. The van der Waals surface area contributed by atoms with Crippen molar-refractivity contribution < 1.29 is 9.59 Å².